The Labute approximate surface area is 222 Å². The van der Waals surface area contributed by atoms with Crippen molar-refractivity contribution in [3.63, 3.8) is 0 Å². The molecule has 36 heavy (non-hydrogen) atoms. The van der Waals surface area contributed by atoms with Crippen LogP contribution in [-0.4, -0.2) is 36.7 Å². The van der Waals surface area contributed by atoms with Crippen LogP contribution in [0.2, 0.25) is 0 Å². The molecule has 1 saturated heterocycles. The molecule has 0 spiro atoms. The first-order valence-electron chi connectivity index (χ1n) is 14.0. The van der Waals surface area contributed by atoms with E-state index < -0.39 is 5.67 Å². The summed E-state index contributed by atoms with van der Waals surface area (Å²) in [5.41, 5.74) is 5.40. The van der Waals surface area contributed by atoms with E-state index in [9.17, 15) is 4.39 Å². The van der Waals surface area contributed by atoms with Gasteiger partial charge in [-0.25, -0.2) is 4.39 Å². The zero-order chi connectivity index (χ0) is 27.0. The van der Waals surface area contributed by atoms with Crippen LogP contribution >= 0.6 is 0 Å². The van der Waals surface area contributed by atoms with Crippen molar-refractivity contribution >= 4 is 5.57 Å². The molecule has 202 valence electrons. The Kier molecular flexibility index (Phi) is 15.4. The third kappa shape index (κ3) is 13.3. The topological polar surface area (TPSA) is 15.3 Å². The lowest BCUT2D eigenvalue weighted by Crippen LogP contribution is -2.40. The molecule has 2 nitrogen and oxygen atoms in total. The van der Waals surface area contributed by atoms with Crippen molar-refractivity contribution in [3.8, 4) is 0 Å². The highest BCUT2D eigenvalue weighted by Crippen LogP contribution is 2.22. The van der Waals surface area contributed by atoms with Gasteiger partial charge in [0.2, 0.25) is 0 Å². The van der Waals surface area contributed by atoms with E-state index in [1.807, 2.05) is 13.1 Å². The number of hydrogen-bond acceptors (Lipinski definition) is 2. The predicted molar refractivity (Wildman–Crippen MR) is 159 cm³/mol. The Morgan fingerprint density at radius 1 is 1.11 bits per heavy atom. The van der Waals surface area contributed by atoms with E-state index in [0.717, 1.165) is 37.5 Å². The van der Waals surface area contributed by atoms with E-state index in [-0.39, 0.29) is 0 Å². The molecule has 3 rings (SSSR count). The van der Waals surface area contributed by atoms with Crippen molar-refractivity contribution in [2.24, 2.45) is 5.92 Å². The first-order chi connectivity index (χ1) is 17.1. The number of dihydropyridines is 1. The molecule has 0 bridgehead atoms. The molecule has 0 aromatic heterocycles. The van der Waals surface area contributed by atoms with Crippen LogP contribution in [0.25, 0.3) is 5.57 Å². The molecule has 0 saturated carbocycles. The van der Waals surface area contributed by atoms with Gasteiger partial charge in [0, 0.05) is 13.1 Å². The summed E-state index contributed by atoms with van der Waals surface area (Å²) in [4.78, 5) is 2.26. The molecule has 2 heterocycles. The van der Waals surface area contributed by atoms with Gasteiger partial charge < -0.3 is 10.2 Å². The fraction of sp³-hybridized carbons (Fsp3) is 0.576. The van der Waals surface area contributed by atoms with Gasteiger partial charge in [-0.2, -0.15) is 0 Å². The standard InChI is InChI=1S/C18H21N.C11H22FN.C4H10/c1-4-16(18-6-5-11-19-13-18)12-15-7-9-17(10-8-15)14(2)3;1-4-10-5-7-13(8-6-10)9-11(2,3)12;1-3-4-2/h4-11,19H,2,12-13H2,1,3H3;10H,4-9H2,1-3H3;3-4H2,1-2H3/b16-4-;;. The molecule has 0 radical (unpaired) electrons. The summed E-state index contributed by atoms with van der Waals surface area (Å²) in [6, 6.07) is 8.69. The van der Waals surface area contributed by atoms with E-state index in [4.69, 9.17) is 0 Å². The molecule has 1 N–H and O–H groups in total. The minimum atomic E-state index is -1.03. The summed E-state index contributed by atoms with van der Waals surface area (Å²) in [7, 11) is 0. The number of benzene rings is 1. The lowest BCUT2D eigenvalue weighted by Gasteiger charge is -2.34. The molecule has 2 aliphatic heterocycles. The molecular weight excluding hydrogens is 443 g/mol. The van der Waals surface area contributed by atoms with Gasteiger partial charge in [-0.1, -0.05) is 88.6 Å². The molecule has 0 amide bonds. The van der Waals surface area contributed by atoms with Gasteiger partial charge in [-0.3, -0.25) is 0 Å². The van der Waals surface area contributed by atoms with Crippen LogP contribution in [0.15, 0.2) is 66.4 Å². The number of allylic oxidation sites excluding steroid dienone is 4. The van der Waals surface area contributed by atoms with Crippen molar-refractivity contribution in [3.05, 3.63) is 77.5 Å². The average molecular weight is 497 g/mol. The Morgan fingerprint density at radius 3 is 2.14 bits per heavy atom. The Bertz CT molecular complexity index is 829. The number of alkyl halides is 1. The molecular formula is C33H53FN2. The van der Waals surface area contributed by atoms with E-state index in [2.05, 4.69) is 87.0 Å². The highest BCUT2D eigenvalue weighted by atomic mass is 19.1. The summed E-state index contributed by atoms with van der Waals surface area (Å²) in [5.74, 6) is 0.888. The summed E-state index contributed by atoms with van der Waals surface area (Å²) >= 11 is 0. The van der Waals surface area contributed by atoms with Gasteiger partial charge in [0.25, 0.3) is 0 Å². The monoisotopic (exact) mass is 496 g/mol. The third-order valence-corrected chi connectivity index (χ3v) is 6.79. The second-order valence-electron chi connectivity index (χ2n) is 10.7. The summed E-state index contributed by atoms with van der Waals surface area (Å²) < 4.78 is 13.3. The van der Waals surface area contributed by atoms with E-state index in [1.54, 1.807) is 13.8 Å². The first-order valence-corrected chi connectivity index (χ1v) is 14.0. The predicted octanol–water partition coefficient (Wildman–Crippen LogP) is 8.91. The highest BCUT2D eigenvalue weighted by molar-refractivity contribution is 5.61. The molecule has 1 fully saturated rings. The SMILES string of the molecule is C=C(C)c1ccc(C/C(=C/C)C2=CC=CNC2)cc1.CCC1CCN(CC(C)(C)F)CC1.CCCC. The number of nitrogens with one attached hydrogen (secondary N) is 1. The molecule has 0 atom stereocenters. The van der Waals surface area contributed by atoms with Crippen molar-refractivity contribution in [2.45, 2.75) is 92.7 Å². The van der Waals surface area contributed by atoms with Crippen molar-refractivity contribution in [1.29, 1.82) is 0 Å². The van der Waals surface area contributed by atoms with E-state index >= 15 is 0 Å². The Balaban J connectivity index is 0.000000330. The molecule has 3 heteroatoms. The molecule has 0 aliphatic carbocycles. The van der Waals surface area contributed by atoms with Crippen LogP contribution in [0.5, 0.6) is 0 Å². The number of rotatable bonds is 8. The maximum Gasteiger partial charge on any atom is 0.118 e. The normalized spacial score (nSPS) is 16.7. The van der Waals surface area contributed by atoms with Crippen LogP contribution in [-0.2, 0) is 6.42 Å². The number of nitrogens with zero attached hydrogens (tertiary/aromatic N) is 1. The van der Waals surface area contributed by atoms with E-state index in [1.165, 1.54) is 54.4 Å². The number of hydrogen-bond donors (Lipinski definition) is 1. The van der Waals surface area contributed by atoms with Gasteiger partial charge >= 0.3 is 0 Å². The summed E-state index contributed by atoms with van der Waals surface area (Å²) in [5, 5.41) is 3.26. The fourth-order valence-electron chi connectivity index (χ4n) is 4.29. The lowest BCUT2D eigenvalue weighted by atomic mass is 9.94. The molecule has 1 aromatic carbocycles. The minimum Gasteiger partial charge on any atom is -0.387 e. The van der Waals surface area contributed by atoms with Crippen LogP contribution in [0.1, 0.15) is 91.7 Å². The minimum absolute atomic E-state index is 0.601. The Hall–Kier alpha value is -2.13. The van der Waals surface area contributed by atoms with Gasteiger partial charge in [0.05, 0.1) is 0 Å². The summed E-state index contributed by atoms with van der Waals surface area (Å²) in [6.45, 7) is 21.8. The van der Waals surface area contributed by atoms with Gasteiger partial charge in [0.1, 0.15) is 5.67 Å². The fourth-order valence-corrected chi connectivity index (χ4v) is 4.29. The molecule has 2 aliphatic rings. The third-order valence-electron chi connectivity index (χ3n) is 6.79. The highest BCUT2D eigenvalue weighted by Gasteiger charge is 2.24. The zero-order valence-electron chi connectivity index (χ0n) is 24.3. The van der Waals surface area contributed by atoms with Crippen LogP contribution in [0, 0.1) is 5.92 Å². The Morgan fingerprint density at radius 2 is 1.72 bits per heavy atom. The number of halogens is 1. The average Bonchev–Trinajstić information content (AvgIpc) is 2.88. The van der Waals surface area contributed by atoms with Gasteiger partial charge in [-0.05, 0) is 101 Å². The largest absolute Gasteiger partial charge is 0.387 e. The van der Waals surface area contributed by atoms with Crippen molar-refractivity contribution < 1.29 is 4.39 Å². The number of unbranched alkanes of at least 4 members (excludes halogenated alkanes) is 1. The maximum absolute atomic E-state index is 13.3. The lowest BCUT2D eigenvalue weighted by molar-refractivity contribution is 0.0951. The van der Waals surface area contributed by atoms with Crippen LogP contribution in [0.4, 0.5) is 4.39 Å². The second kappa shape index (κ2) is 17.3. The maximum atomic E-state index is 13.3. The summed E-state index contributed by atoms with van der Waals surface area (Å²) in [6.07, 6.45) is 15.9. The van der Waals surface area contributed by atoms with Crippen LogP contribution < -0.4 is 5.32 Å². The van der Waals surface area contributed by atoms with Crippen molar-refractivity contribution in [2.75, 3.05) is 26.2 Å². The second-order valence-corrected chi connectivity index (χ2v) is 10.7. The van der Waals surface area contributed by atoms with Gasteiger partial charge in [0.15, 0.2) is 0 Å². The zero-order valence-corrected chi connectivity index (χ0v) is 24.3. The molecule has 0 unspecified atom stereocenters. The number of piperidine rings is 1. The van der Waals surface area contributed by atoms with Gasteiger partial charge in [-0.15, -0.1) is 0 Å². The van der Waals surface area contributed by atoms with Crippen molar-refractivity contribution in [1.82, 2.24) is 10.2 Å². The number of likely N-dealkylation sites (tertiary alicyclic amines) is 1. The smallest absolute Gasteiger partial charge is 0.118 e. The van der Waals surface area contributed by atoms with Crippen LogP contribution in [0.3, 0.4) is 0 Å². The quantitative estimate of drug-likeness (QED) is 0.386. The molecule has 1 aromatic rings. The van der Waals surface area contributed by atoms with E-state index in [0.29, 0.717) is 6.54 Å². The first kappa shape index (κ1) is 31.9.